The van der Waals surface area contributed by atoms with Gasteiger partial charge < -0.3 is 9.68 Å². The maximum atomic E-state index is 12.9. The summed E-state index contributed by atoms with van der Waals surface area (Å²) in [5.74, 6) is -4.27. The predicted molar refractivity (Wildman–Crippen MR) is 128 cm³/mol. The van der Waals surface area contributed by atoms with Crippen LogP contribution in [0.4, 0.5) is 0 Å². The molecule has 0 spiro atoms. The molecule has 3 fully saturated rings. The molecule has 4 rings (SSSR count). The molecule has 12 heteroatoms. The Balaban J connectivity index is 1.44. The fourth-order valence-electron chi connectivity index (χ4n) is 5.37. The summed E-state index contributed by atoms with van der Waals surface area (Å²) in [5, 5.41) is 2.83. The second-order valence-electron chi connectivity index (χ2n) is 10.9. The van der Waals surface area contributed by atoms with Gasteiger partial charge in [-0.05, 0) is 52.2 Å². The summed E-state index contributed by atoms with van der Waals surface area (Å²) >= 11 is 0. The zero-order valence-corrected chi connectivity index (χ0v) is 21.9. The van der Waals surface area contributed by atoms with Crippen molar-refractivity contribution in [2.75, 3.05) is 0 Å². The van der Waals surface area contributed by atoms with Crippen molar-refractivity contribution in [3.8, 4) is 0 Å². The molecular weight excluding hydrogens is 498 g/mol. The maximum absolute atomic E-state index is 12.9. The van der Waals surface area contributed by atoms with Gasteiger partial charge in [0, 0.05) is 36.8 Å². The van der Waals surface area contributed by atoms with Gasteiger partial charge >= 0.3 is 11.9 Å². The summed E-state index contributed by atoms with van der Waals surface area (Å²) in [6, 6.07) is 6.56. The first-order valence-corrected chi connectivity index (χ1v) is 12.5. The zero-order chi connectivity index (χ0) is 27.8. The third kappa shape index (κ3) is 5.46. The lowest BCUT2D eigenvalue weighted by Gasteiger charge is -2.53. The number of carbonyl (C=O) groups is 6. The number of rotatable bonds is 7. The van der Waals surface area contributed by atoms with Crippen molar-refractivity contribution in [3.63, 3.8) is 0 Å². The minimum absolute atomic E-state index is 0.00478. The number of nitrogens with zero attached hydrogens (tertiary/aromatic N) is 3. The van der Waals surface area contributed by atoms with Gasteiger partial charge in [-0.25, -0.2) is 9.59 Å². The molecule has 0 radical (unpaired) electrons. The lowest BCUT2D eigenvalue weighted by Crippen LogP contribution is -2.61. The van der Waals surface area contributed by atoms with Crippen LogP contribution in [0.5, 0.6) is 0 Å². The Bertz CT molecular complexity index is 1140. The maximum Gasteiger partial charge on any atom is 0.364 e. The molecule has 204 valence electrons. The molecule has 1 aromatic rings. The molecule has 1 aromatic carbocycles. The van der Waals surface area contributed by atoms with Gasteiger partial charge in [0.25, 0.3) is 23.6 Å². The molecule has 3 saturated heterocycles. The van der Waals surface area contributed by atoms with Crippen molar-refractivity contribution >= 4 is 35.6 Å². The quantitative estimate of drug-likeness (QED) is 0.483. The monoisotopic (exact) mass is 529 g/mol. The van der Waals surface area contributed by atoms with Crippen molar-refractivity contribution in [1.29, 1.82) is 0 Å². The molecule has 0 bridgehead atoms. The summed E-state index contributed by atoms with van der Waals surface area (Å²) in [7, 11) is 0. The number of carbonyl (C=O) groups excluding carboxylic acids is 6. The number of hydrogen-bond acceptors (Lipinski definition) is 10. The first-order valence-electron chi connectivity index (χ1n) is 12.5. The topological polar surface area (TPSA) is 140 Å². The van der Waals surface area contributed by atoms with Crippen LogP contribution < -0.4 is 0 Å². The Kier molecular flexibility index (Phi) is 7.39. The fraction of sp³-hybridized carbons (Fsp3) is 0.538. The molecule has 0 unspecified atom stereocenters. The van der Waals surface area contributed by atoms with Crippen LogP contribution in [0.3, 0.4) is 0 Å². The third-order valence-corrected chi connectivity index (χ3v) is 6.88. The highest BCUT2D eigenvalue weighted by Crippen LogP contribution is 2.42. The van der Waals surface area contributed by atoms with Crippen molar-refractivity contribution in [1.82, 2.24) is 15.2 Å². The summed E-state index contributed by atoms with van der Waals surface area (Å²) < 4.78 is 0. The van der Waals surface area contributed by atoms with Crippen molar-refractivity contribution in [2.45, 2.75) is 83.9 Å². The summed E-state index contributed by atoms with van der Waals surface area (Å²) in [6.45, 7) is 7.55. The van der Waals surface area contributed by atoms with E-state index in [1.54, 1.807) is 23.3 Å². The van der Waals surface area contributed by atoms with E-state index in [1.165, 1.54) is 6.07 Å². The van der Waals surface area contributed by atoms with Crippen LogP contribution in [0, 0.1) is 5.92 Å². The second-order valence-corrected chi connectivity index (χ2v) is 10.9. The van der Waals surface area contributed by atoms with Crippen molar-refractivity contribution < 1.29 is 43.3 Å². The van der Waals surface area contributed by atoms with E-state index >= 15 is 0 Å². The van der Waals surface area contributed by atoms with E-state index in [1.807, 2.05) is 27.7 Å². The minimum Gasteiger partial charge on any atom is -0.330 e. The summed E-state index contributed by atoms with van der Waals surface area (Å²) in [6.07, 6.45) is 0.692. The van der Waals surface area contributed by atoms with Gasteiger partial charge in [-0.15, -0.1) is 10.1 Å². The summed E-state index contributed by atoms with van der Waals surface area (Å²) in [4.78, 5) is 89.5. The molecule has 3 heterocycles. The van der Waals surface area contributed by atoms with E-state index in [0.717, 1.165) is 0 Å². The molecule has 0 aromatic heterocycles. The van der Waals surface area contributed by atoms with E-state index in [9.17, 15) is 28.8 Å². The van der Waals surface area contributed by atoms with Crippen molar-refractivity contribution in [3.05, 3.63) is 35.4 Å². The molecule has 4 amide bonds. The Morgan fingerprint density at radius 2 is 1.26 bits per heavy atom. The van der Waals surface area contributed by atoms with E-state index in [0.29, 0.717) is 28.5 Å². The van der Waals surface area contributed by atoms with Crippen LogP contribution >= 0.6 is 0 Å². The molecule has 0 aliphatic carbocycles. The Labute approximate surface area is 219 Å². The zero-order valence-electron chi connectivity index (χ0n) is 21.9. The van der Waals surface area contributed by atoms with E-state index in [4.69, 9.17) is 14.5 Å². The van der Waals surface area contributed by atoms with Crippen LogP contribution in [-0.4, -0.2) is 61.8 Å². The number of piperidine rings is 1. The normalized spacial score (nSPS) is 21.8. The average molecular weight is 530 g/mol. The van der Waals surface area contributed by atoms with Crippen LogP contribution in [0.25, 0.3) is 0 Å². The molecule has 3 aliphatic rings. The standard InChI is InChI=1S/C26H31N3O9/c1-25(2)13-17(23(34)37-27-19(30)9-10-20(27)31)14-26(3,4)29(25)36-15-16-7-5-6-8-18(16)24(35)38-28-21(32)11-12-22(28)33/h5-8,17H,9-15H2,1-4H3. The van der Waals surface area contributed by atoms with Crippen LogP contribution in [-0.2, 0) is 45.1 Å². The smallest absolute Gasteiger partial charge is 0.330 e. The molecule has 0 N–H and O–H groups in total. The summed E-state index contributed by atoms with van der Waals surface area (Å²) in [5.41, 5.74) is -0.715. The molecule has 0 saturated carbocycles. The van der Waals surface area contributed by atoms with Crippen molar-refractivity contribution in [2.24, 2.45) is 5.92 Å². The SMILES string of the molecule is CC1(C)CC(C(=O)ON2C(=O)CCC2=O)CC(C)(C)N1OCc1ccccc1C(=O)ON1C(=O)CCC1=O. The minimum atomic E-state index is -0.848. The van der Waals surface area contributed by atoms with Crippen LogP contribution in [0.2, 0.25) is 0 Å². The number of hydrogen-bond donors (Lipinski definition) is 0. The second kappa shape index (κ2) is 10.3. The van der Waals surface area contributed by atoms with E-state index < -0.39 is 52.6 Å². The van der Waals surface area contributed by atoms with Gasteiger partial charge in [0.15, 0.2) is 0 Å². The first-order chi connectivity index (χ1) is 17.8. The highest BCUT2D eigenvalue weighted by molar-refractivity contribution is 6.03. The van der Waals surface area contributed by atoms with Gasteiger partial charge in [0.05, 0.1) is 18.1 Å². The van der Waals surface area contributed by atoms with Gasteiger partial charge in [-0.1, -0.05) is 18.2 Å². The third-order valence-electron chi connectivity index (χ3n) is 6.88. The molecule has 0 atom stereocenters. The van der Waals surface area contributed by atoms with Gasteiger partial charge in [-0.3, -0.25) is 24.0 Å². The van der Waals surface area contributed by atoms with Gasteiger partial charge in [-0.2, -0.15) is 5.06 Å². The van der Waals surface area contributed by atoms with Gasteiger partial charge in [0.1, 0.15) is 0 Å². The van der Waals surface area contributed by atoms with E-state index in [-0.39, 0.29) is 37.9 Å². The largest absolute Gasteiger partial charge is 0.364 e. The Morgan fingerprint density at radius 3 is 1.79 bits per heavy atom. The average Bonchev–Trinajstić information content (AvgIpc) is 3.33. The van der Waals surface area contributed by atoms with Gasteiger partial charge in [0.2, 0.25) is 0 Å². The number of amides is 4. The first kappa shape index (κ1) is 27.4. The van der Waals surface area contributed by atoms with E-state index in [2.05, 4.69) is 0 Å². The Hall–Kier alpha value is -3.64. The Morgan fingerprint density at radius 1 is 0.789 bits per heavy atom. The van der Waals surface area contributed by atoms with Crippen LogP contribution in [0.15, 0.2) is 24.3 Å². The highest BCUT2D eigenvalue weighted by Gasteiger charge is 2.50. The highest BCUT2D eigenvalue weighted by atomic mass is 16.7. The predicted octanol–water partition coefficient (Wildman–Crippen LogP) is 2.22. The lowest BCUT2D eigenvalue weighted by atomic mass is 9.75. The number of hydroxylamine groups is 6. The van der Waals surface area contributed by atoms with Crippen LogP contribution in [0.1, 0.15) is 82.1 Å². The fourth-order valence-corrected chi connectivity index (χ4v) is 5.37. The molecule has 12 nitrogen and oxygen atoms in total. The molecule has 38 heavy (non-hydrogen) atoms. The molecular formula is C26H31N3O9. The lowest BCUT2D eigenvalue weighted by molar-refractivity contribution is -0.295. The number of benzene rings is 1. The molecule has 3 aliphatic heterocycles. The number of imide groups is 2.